The summed E-state index contributed by atoms with van der Waals surface area (Å²) >= 11 is 5.73. The van der Waals surface area contributed by atoms with Crippen LogP contribution in [0, 0.1) is 10.1 Å². The zero-order chi connectivity index (χ0) is 14.4. The monoisotopic (exact) mass is 288 g/mol. The fourth-order valence-electron chi connectivity index (χ4n) is 1.38. The van der Waals surface area contributed by atoms with Gasteiger partial charge in [-0.3, -0.25) is 14.9 Å². The third-order valence-corrected chi connectivity index (χ3v) is 2.59. The first-order valence-electron chi connectivity index (χ1n) is 5.27. The Morgan fingerprint density at radius 1 is 1.47 bits per heavy atom. The summed E-state index contributed by atoms with van der Waals surface area (Å²) in [4.78, 5) is 22.1. The topological polar surface area (TPSA) is 90.7 Å². The Kier molecular flexibility index (Phi) is 5.68. The maximum atomic E-state index is 11.9. The van der Waals surface area contributed by atoms with Crippen LogP contribution in [0.5, 0.6) is 0 Å². The Morgan fingerprint density at radius 3 is 2.63 bits per heavy atom. The number of nitro groups is 1. The molecule has 0 unspecified atom stereocenters. The normalized spacial score (nSPS) is 10.5. The SMILES string of the molecule is COC(CNC(=O)c1cc(Cl)ccc1[N+](=O)[O-])OC. The van der Waals surface area contributed by atoms with Crippen molar-refractivity contribution in [3.05, 3.63) is 38.9 Å². The quantitative estimate of drug-likeness (QED) is 0.488. The highest BCUT2D eigenvalue weighted by Crippen LogP contribution is 2.22. The molecule has 0 radical (unpaired) electrons. The van der Waals surface area contributed by atoms with E-state index in [2.05, 4.69) is 5.32 Å². The van der Waals surface area contributed by atoms with E-state index in [1.807, 2.05) is 0 Å². The van der Waals surface area contributed by atoms with Gasteiger partial charge in [0, 0.05) is 25.3 Å². The van der Waals surface area contributed by atoms with E-state index in [4.69, 9.17) is 21.1 Å². The van der Waals surface area contributed by atoms with E-state index >= 15 is 0 Å². The number of nitrogens with one attached hydrogen (secondary N) is 1. The van der Waals surface area contributed by atoms with Gasteiger partial charge in [-0.15, -0.1) is 0 Å². The van der Waals surface area contributed by atoms with Gasteiger partial charge in [0.1, 0.15) is 5.56 Å². The molecule has 19 heavy (non-hydrogen) atoms. The molecule has 104 valence electrons. The van der Waals surface area contributed by atoms with Crippen LogP contribution in [0.1, 0.15) is 10.4 Å². The number of nitro benzene ring substituents is 1. The first-order valence-corrected chi connectivity index (χ1v) is 5.65. The molecule has 0 saturated heterocycles. The van der Waals surface area contributed by atoms with Gasteiger partial charge >= 0.3 is 0 Å². The van der Waals surface area contributed by atoms with Crippen LogP contribution in [0.15, 0.2) is 18.2 Å². The van der Waals surface area contributed by atoms with Crippen molar-refractivity contribution in [3.63, 3.8) is 0 Å². The summed E-state index contributed by atoms with van der Waals surface area (Å²) in [6.07, 6.45) is -0.623. The molecule has 1 aromatic carbocycles. The lowest BCUT2D eigenvalue weighted by Gasteiger charge is -2.14. The van der Waals surface area contributed by atoms with Gasteiger partial charge in [0.15, 0.2) is 6.29 Å². The number of ether oxygens (including phenoxy) is 2. The van der Waals surface area contributed by atoms with Crippen molar-refractivity contribution in [1.29, 1.82) is 0 Å². The van der Waals surface area contributed by atoms with Crippen LogP contribution >= 0.6 is 11.6 Å². The summed E-state index contributed by atoms with van der Waals surface area (Å²) in [7, 11) is 2.84. The fraction of sp³-hybridized carbons (Fsp3) is 0.364. The second kappa shape index (κ2) is 7.03. The molecule has 0 spiro atoms. The average molecular weight is 289 g/mol. The lowest BCUT2D eigenvalue weighted by Crippen LogP contribution is -2.34. The van der Waals surface area contributed by atoms with Crippen molar-refractivity contribution in [3.8, 4) is 0 Å². The first-order chi connectivity index (χ1) is 8.99. The van der Waals surface area contributed by atoms with Gasteiger partial charge < -0.3 is 14.8 Å². The number of carbonyl (C=O) groups excluding carboxylic acids is 1. The van der Waals surface area contributed by atoms with E-state index in [0.29, 0.717) is 0 Å². The molecule has 8 heteroatoms. The van der Waals surface area contributed by atoms with Crippen molar-refractivity contribution in [2.75, 3.05) is 20.8 Å². The largest absolute Gasteiger partial charge is 0.354 e. The summed E-state index contributed by atoms with van der Waals surface area (Å²) < 4.78 is 9.78. The van der Waals surface area contributed by atoms with E-state index in [9.17, 15) is 14.9 Å². The number of carbonyl (C=O) groups is 1. The average Bonchev–Trinajstić information content (AvgIpc) is 2.39. The van der Waals surface area contributed by atoms with Crippen molar-refractivity contribution in [1.82, 2.24) is 5.32 Å². The predicted molar refractivity (Wildman–Crippen MR) is 68.2 cm³/mol. The number of hydrogen-bond donors (Lipinski definition) is 1. The third kappa shape index (κ3) is 4.16. The van der Waals surface area contributed by atoms with Crippen LogP contribution in [-0.2, 0) is 9.47 Å². The molecule has 0 aliphatic carbocycles. The van der Waals surface area contributed by atoms with Crippen LogP contribution < -0.4 is 5.32 Å². The number of hydrogen-bond acceptors (Lipinski definition) is 5. The fourth-order valence-corrected chi connectivity index (χ4v) is 1.56. The summed E-state index contributed by atoms with van der Waals surface area (Å²) in [5, 5.41) is 13.5. The van der Waals surface area contributed by atoms with Crippen LogP contribution in [0.2, 0.25) is 5.02 Å². The van der Waals surface area contributed by atoms with E-state index in [1.165, 1.54) is 32.4 Å². The molecule has 0 saturated carbocycles. The Hall–Kier alpha value is -1.70. The van der Waals surface area contributed by atoms with Gasteiger partial charge in [-0.05, 0) is 12.1 Å². The minimum atomic E-state index is -0.643. The Morgan fingerprint density at radius 2 is 2.11 bits per heavy atom. The minimum absolute atomic E-state index is 0.0650. The molecule has 0 aliphatic heterocycles. The highest BCUT2D eigenvalue weighted by Gasteiger charge is 2.21. The van der Waals surface area contributed by atoms with Gasteiger partial charge in [-0.25, -0.2) is 0 Å². The van der Waals surface area contributed by atoms with Gasteiger partial charge in [0.25, 0.3) is 11.6 Å². The van der Waals surface area contributed by atoms with E-state index in [-0.39, 0.29) is 22.8 Å². The van der Waals surface area contributed by atoms with Crippen molar-refractivity contribution in [2.45, 2.75) is 6.29 Å². The molecule has 7 nitrogen and oxygen atoms in total. The lowest BCUT2D eigenvalue weighted by atomic mass is 10.1. The second-order valence-corrected chi connectivity index (χ2v) is 3.97. The minimum Gasteiger partial charge on any atom is -0.354 e. The third-order valence-electron chi connectivity index (χ3n) is 2.35. The van der Waals surface area contributed by atoms with Crippen molar-refractivity contribution < 1.29 is 19.2 Å². The molecule has 1 rings (SSSR count). The smallest absolute Gasteiger partial charge is 0.282 e. The molecular formula is C11H13ClN2O5. The van der Waals surface area contributed by atoms with Gasteiger partial charge in [0.05, 0.1) is 11.5 Å². The predicted octanol–water partition coefficient (Wildman–Crippen LogP) is 1.60. The van der Waals surface area contributed by atoms with Crippen LogP contribution in [-0.4, -0.2) is 37.9 Å². The van der Waals surface area contributed by atoms with Crippen molar-refractivity contribution in [2.24, 2.45) is 0 Å². The zero-order valence-corrected chi connectivity index (χ0v) is 11.1. The van der Waals surface area contributed by atoms with Crippen LogP contribution in [0.25, 0.3) is 0 Å². The first kappa shape index (κ1) is 15.4. The Labute approximate surface area is 114 Å². The number of benzene rings is 1. The summed E-state index contributed by atoms with van der Waals surface area (Å²) in [6.45, 7) is 0.0650. The summed E-state index contributed by atoms with van der Waals surface area (Å²) in [5.41, 5.74) is -0.420. The number of nitrogens with zero attached hydrogens (tertiary/aromatic N) is 1. The van der Waals surface area contributed by atoms with E-state index < -0.39 is 17.1 Å². The number of rotatable bonds is 6. The molecule has 1 amide bonds. The molecule has 0 fully saturated rings. The molecule has 0 atom stereocenters. The summed E-state index contributed by atoms with van der Waals surface area (Å²) in [6, 6.07) is 3.77. The van der Waals surface area contributed by atoms with Crippen molar-refractivity contribution >= 4 is 23.2 Å². The Bertz CT molecular complexity index is 476. The highest BCUT2D eigenvalue weighted by atomic mass is 35.5. The van der Waals surface area contributed by atoms with Gasteiger partial charge in [-0.1, -0.05) is 11.6 Å². The highest BCUT2D eigenvalue weighted by molar-refractivity contribution is 6.31. The molecule has 1 aromatic rings. The van der Waals surface area contributed by atoms with Crippen LogP contribution in [0.4, 0.5) is 5.69 Å². The summed E-state index contributed by atoms with van der Waals surface area (Å²) in [5.74, 6) is -0.617. The van der Waals surface area contributed by atoms with Gasteiger partial charge in [0.2, 0.25) is 0 Å². The maximum Gasteiger partial charge on any atom is 0.282 e. The van der Waals surface area contributed by atoms with E-state index in [0.717, 1.165) is 0 Å². The number of halogens is 1. The van der Waals surface area contributed by atoms with E-state index in [1.54, 1.807) is 0 Å². The molecule has 0 heterocycles. The zero-order valence-electron chi connectivity index (χ0n) is 10.4. The maximum absolute atomic E-state index is 11.9. The molecule has 1 N–H and O–H groups in total. The molecule has 0 aromatic heterocycles. The molecular weight excluding hydrogens is 276 g/mol. The standard InChI is InChI=1S/C11H13ClN2O5/c1-18-10(19-2)6-13-11(15)8-5-7(12)3-4-9(8)14(16)17/h3-5,10H,6H2,1-2H3,(H,13,15). The molecule has 0 bridgehead atoms. The molecule has 0 aliphatic rings. The van der Waals surface area contributed by atoms with Gasteiger partial charge in [-0.2, -0.15) is 0 Å². The lowest BCUT2D eigenvalue weighted by molar-refractivity contribution is -0.385. The Balaban J connectivity index is 2.87. The second-order valence-electron chi connectivity index (χ2n) is 3.53. The number of methoxy groups -OCH3 is 2. The number of amides is 1. The van der Waals surface area contributed by atoms with Crippen LogP contribution in [0.3, 0.4) is 0 Å².